The monoisotopic (exact) mass is 444 g/mol. The van der Waals surface area contributed by atoms with E-state index < -0.39 is 0 Å². The van der Waals surface area contributed by atoms with Gasteiger partial charge in [0.2, 0.25) is 0 Å². The Kier molecular flexibility index (Phi) is 4.55. The number of rotatable bonds is 0. The van der Waals surface area contributed by atoms with E-state index in [0.29, 0.717) is 5.78 Å². The van der Waals surface area contributed by atoms with Gasteiger partial charge in [-0.3, -0.25) is 4.79 Å². The van der Waals surface area contributed by atoms with Crippen LogP contribution < -0.4 is 0 Å². The van der Waals surface area contributed by atoms with Crippen LogP contribution in [0.5, 0.6) is 0 Å². The highest BCUT2D eigenvalue weighted by Gasteiger charge is 2.29. The van der Waals surface area contributed by atoms with Crippen molar-refractivity contribution in [3.05, 3.63) is 46.2 Å². The number of fused-ring (bicyclic) bond motifs is 2. The van der Waals surface area contributed by atoms with Gasteiger partial charge in [0.25, 0.3) is 0 Å². The third-order valence-electron chi connectivity index (χ3n) is 3.73. The second-order valence-corrected chi connectivity index (χ2v) is 8.95. The Morgan fingerprint density at radius 1 is 1.14 bits per heavy atom. The minimum absolute atomic E-state index is 0.203. The molecule has 21 heavy (non-hydrogen) atoms. The van der Waals surface area contributed by atoms with Crippen LogP contribution in [0, 0.1) is 5.92 Å². The molecule has 4 rings (SSSR count). The molecule has 2 aromatic rings. The van der Waals surface area contributed by atoms with E-state index in [1.165, 1.54) is 26.0 Å². The first kappa shape index (κ1) is 15.7. The van der Waals surface area contributed by atoms with Crippen molar-refractivity contribution in [2.75, 3.05) is 0 Å². The third-order valence-corrected chi connectivity index (χ3v) is 7.76. The molecule has 0 saturated carbocycles. The lowest BCUT2D eigenvalue weighted by Crippen LogP contribution is -2.02. The van der Waals surface area contributed by atoms with Crippen molar-refractivity contribution in [2.24, 2.45) is 5.92 Å². The predicted molar refractivity (Wildman–Crippen MR) is 98.6 cm³/mol. The second-order valence-electron chi connectivity index (χ2n) is 5.45. The Morgan fingerprint density at radius 3 is 2.48 bits per heavy atom. The van der Waals surface area contributed by atoms with Crippen molar-refractivity contribution in [1.29, 1.82) is 0 Å². The number of halogens is 2. The Hall–Kier alpha value is -0.230. The van der Waals surface area contributed by atoms with Crippen molar-refractivity contribution in [2.45, 2.75) is 26.7 Å². The Labute approximate surface area is 149 Å². The maximum Gasteiger partial charge on any atom is 0.176 e. The van der Waals surface area contributed by atoms with Gasteiger partial charge in [0, 0.05) is 30.5 Å². The van der Waals surface area contributed by atoms with E-state index in [9.17, 15) is 4.79 Å². The van der Waals surface area contributed by atoms with Gasteiger partial charge < -0.3 is 0 Å². The number of carbonyl (C=O) groups excluding carboxylic acids is 1. The number of thiophene rings is 2. The molecule has 0 spiro atoms. The molecule has 1 nitrogen and oxygen atoms in total. The van der Waals surface area contributed by atoms with Gasteiger partial charge in [-0.15, -0.1) is 22.7 Å². The highest BCUT2D eigenvalue weighted by molar-refractivity contribution is 9.10. The summed E-state index contributed by atoms with van der Waals surface area (Å²) in [6.45, 7) is 4.17. The molecule has 0 radical (unpaired) electrons. The third kappa shape index (κ3) is 2.98. The summed E-state index contributed by atoms with van der Waals surface area (Å²) < 4.78 is 2.39. The first-order valence-corrected chi connectivity index (χ1v) is 10.0. The molecule has 0 bridgehead atoms. The van der Waals surface area contributed by atoms with E-state index in [-0.39, 0.29) is 5.92 Å². The molecule has 2 aliphatic rings. The average molecular weight is 446 g/mol. The lowest BCUT2D eigenvalue weighted by atomic mass is 10.1. The van der Waals surface area contributed by atoms with Crippen LogP contribution in [0.1, 0.15) is 39.5 Å². The molecule has 2 aliphatic carbocycles. The smallest absolute Gasteiger partial charge is 0.176 e. The van der Waals surface area contributed by atoms with E-state index in [1.54, 1.807) is 11.3 Å². The van der Waals surface area contributed by atoms with Crippen LogP contribution in [-0.4, -0.2) is 5.78 Å². The fourth-order valence-electron chi connectivity index (χ4n) is 2.60. The van der Waals surface area contributed by atoms with Gasteiger partial charge in [-0.2, -0.15) is 0 Å². The van der Waals surface area contributed by atoms with Crippen molar-refractivity contribution in [3.63, 3.8) is 0 Å². The predicted octanol–water partition coefficient (Wildman–Crippen LogP) is 6.36. The fourth-order valence-corrected chi connectivity index (χ4v) is 6.12. The molecule has 2 aromatic heterocycles. The summed E-state index contributed by atoms with van der Waals surface area (Å²) in [4.78, 5) is 13.8. The van der Waals surface area contributed by atoms with Gasteiger partial charge in [0.15, 0.2) is 5.78 Å². The van der Waals surface area contributed by atoms with Crippen LogP contribution in [-0.2, 0) is 12.8 Å². The highest BCUT2D eigenvalue weighted by Crippen LogP contribution is 2.37. The first-order valence-electron chi connectivity index (χ1n) is 6.70. The lowest BCUT2D eigenvalue weighted by Gasteiger charge is -1.94. The number of hydrogen-bond acceptors (Lipinski definition) is 3. The molecule has 0 aliphatic heterocycles. The zero-order valence-electron chi connectivity index (χ0n) is 11.7. The van der Waals surface area contributed by atoms with Crippen LogP contribution in [0.15, 0.2) is 25.3 Å². The molecule has 0 aromatic carbocycles. The van der Waals surface area contributed by atoms with Crippen molar-refractivity contribution < 1.29 is 4.79 Å². The topological polar surface area (TPSA) is 17.1 Å². The van der Waals surface area contributed by atoms with Crippen molar-refractivity contribution >= 4 is 66.4 Å². The summed E-state index contributed by atoms with van der Waals surface area (Å²) in [5.74, 6) is 0.518. The van der Waals surface area contributed by atoms with Crippen LogP contribution in [0.2, 0.25) is 0 Å². The quantitative estimate of drug-likeness (QED) is 0.461. The van der Waals surface area contributed by atoms with Crippen LogP contribution in [0.4, 0.5) is 0 Å². The molecule has 0 saturated heterocycles. The molecule has 0 fully saturated rings. The molecule has 0 N–H and O–H groups in total. The van der Waals surface area contributed by atoms with E-state index in [0.717, 1.165) is 22.2 Å². The normalized spacial score (nSPS) is 19.0. The van der Waals surface area contributed by atoms with Gasteiger partial charge >= 0.3 is 0 Å². The number of ketones is 1. The number of Topliss-reactive ketones (excluding diaryl/α,β-unsaturated/α-hetero) is 1. The number of allylic oxidation sites excluding steroid dienone is 1. The molecule has 110 valence electrons. The minimum Gasteiger partial charge on any atom is -0.293 e. The summed E-state index contributed by atoms with van der Waals surface area (Å²) in [6, 6.07) is 0. The van der Waals surface area contributed by atoms with Gasteiger partial charge in [-0.25, -0.2) is 0 Å². The average Bonchev–Trinajstić information content (AvgIpc) is 3.14. The molecule has 5 heteroatoms. The summed E-state index contributed by atoms with van der Waals surface area (Å²) >= 11 is 10.3. The summed E-state index contributed by atoms with van der Waals surface area (Å²) in [5.41, 5.74) is 4.16. The molecular weight excluding hydrogens is 432 g/mol. The molecule has 0 amide bonds. The minimum atomic E-state index is 0.203. The van der Waals surface area contributed by atoms with Gasteiger partial charge in [0.1, 0.15) is 0 Å². The standard InChI is InChI=1S/C8H7BrOS.C8H7BrS/c1-4-2-5-6(9)3-11-8(5)7(4)10;1-5-2-6-7(9)4-10-8(6)3-5/h3-4H,2H2,1H3;3-4H,2H2,1H3. The number of carbonyl (C=O) groups is 1. The van der Waals surface area contributed by atoms with Gasteiger partial charge in [-0.05, 0) is 68.8 Å². The van der Waals surface area contributed by atoms with Crippen molar-refractivity contribution in [1.82, 2.24) is 0 Å². The number of hydrogen-bond donors (Lipinski definition) is 0. The maximum atomic E-state index is 11.4. The summed E-state index contributed by atoms with van der Waals surface area (Å²) in [6.07, 6.45) is 4.32. The fraction of sp³-hybridized carbons (Fsp3) is 0.312. The molecule has 1 unspecified atom stereocenters. The Morgan fingerprint density at radius 2 is 1.81 bits per heavy atom. The Balaban J connectivity index is 0.000000126. The molecular formula is C16H14Br2OS2. The van der Waals surface area contributed by atoms with Crippen LogP contribution in [0.25, 0.3) is 6.08 Å². The zero-order chi connectivity index (χ0) is 15.1. The first-order chi connectivity index (χ1) is 9.97. The summed E-state index contributed by atoms with van der Waals surface area (Å²) in [5, 5.41) is 4.15. The van der Waals surface area contributed by atoms with E-state index in [1.807, 2.05) is 23.6 Å². The second kappa shape index (κ2) is 6.11. The van der Waals surface area contributed by atoms with E-state index >= 15 is 0 Å². The van der Waals surface area contributed by atoms with E-state index in [4.69, 9.17) is 0 Å². The molecule has 2 heterocycles. The SMILES string of the molecule is CC1=Cc2scc(Br)c2C1.CC1Cc2c(Br)csc2C1=O. The largest absolute Gasteiger partial charge is 0.293 e. The van der Waals surface area contributed by atoms with E-state index in [2.05, 4.69) is 50.2 Å². The highest BCUT2D eigenvalue weighted by atomic mass is 79.9. The van der Waals surface area contributed by atoms with Crippen molar-refractivity contribution in [3.8, 4) is 0 Å². The molecule has 1 atom stereocenters. The van der Waals surface area contributed by atoms with Crippen LogP contribution in [0.3, 0.4) is 0 Å². The van der Waals surface area contributed by atoms with Gasteiger partial charge in [0.05, 0.1) is 4.88 Å². The zero-order valence-corrected chi connectivity index (χ0v) is 16.5. The summed E-state index contributed by atoms with van der Waals surface area (Å²) in [7, 11) is 0. The van der Waals surface area contributed by atoms with Crippen LogP contribution >= 0.6 is 54.5 Å². The maximum absolute atomic E-state index is 11.4. The lowest BCUT2D eigenvalue weighted by molar-refractivity contribution is 0.0949. The van der Waals surface area contributed by atoms with Gasteiger partial charge in [-0.1, -0.05) is 12.5 Å². The Bertz CT molecular complexity index is 740.